The number of ether oxygens (including phenoxy) is 1. The Bertz CT molecular complexity index is 472. The largest absolute Gasteiger partial charge is 0.497 e. The van der Waals surface area contributed by atoms with Gasteiger partial charge in [-0.3, -0.25) is 0 Å². The maximum Gasteiger partial charge on any atom is 0.147 e. The van der Waals surface area contributed by atoms with Crippen LogP contribution in [0.25, 0.3) is 0 Å². The second-order valence-electron chi connectivity index (χ2n) is 3.86. The topological polar surface area (TPSA) is 81.4 Å². The van der Waals surface area contributed by atoms with Crippen molar-refractivity contribution in [2.24, 2.45) is 0 Å². The SMILES string of the molecule is COc1ccc(NCCCS(C)(=O)=O)c(N)c1. The molecule has 0 atom stereocenters. The van der Waals surface area contributed by atoms with Crippen LogP contribution in [0.2, 0.25) is 0 Å². The van der Waals surface area contributed by atoms with E-state index in [1.807, 2.05) is 6.07 Å². The number of nitrogens with one attached hydrogen (secondary N) is 1. The lowest BCUT2D eigenvalue weighted by atomic mass is 10.2. The number of nitrogens with two attached hydrogens (primary N) is 1. The average Bonchev–Trinajstić information content (AvgIpc) is 2.24. The second-order valence-corrected chi connectivity index (χ2v) is 6.12. The molecule has 0 aliphatic rings. The summed E-state index contributed by atoms with van der Waals surface area (Å²) in [6, 6.07) is 5.34. The van der Waals surface area contributed by atoms with Crippen LogP contribution < -0.4 is 15.8 Å². The molecule has 0 bridgehead atoms. The van der Waals surface area contributed by atoms with Crippen LogP contribution >= 0.6 is 0 Å². The minimum Gasteiger partial charge on any atom is -0.497 e. The van der Waals surface area contributed by atoms with Crippen LogP contribution in [0.15, 0.2) is 18.2 Å². The first-order valence-corrected chi connectivity index (χ1v) is 7.33. The molecule has 17 heavy (non-hydrogen) atoms. The van der Waals surface area contributed by atoms with Crippen molar-refractivity contribution in [2.45, 2.75) is 6.42 Å². The first kappa shape index (κ1) is 13.6. The molecule has 5 nitrogen and oxygen atoms in total. The Kier molecular flexibility index (Phi) is 4.62. The van der Waals surface area contributed by atoms with E-state index in [0.29, 0.717) is 24.4 Å². The molecule has 0 saturated heterocycles. The van der Waals surface area contributed by atoms with E-state index in [2.05, 4.69) is 5.32 Å². The summed E-state index contributed by atoms with van der Waals surface area (Å²) >= 11 is 0. The summed E-state index contributed by atoms with van der Waals surface area (Å²) in [5.41, 5.74) is 7.18. The standard InChI is InChI=1S/C11H18N2O3S/c1-16-9-4-5-11(10(12)8-9)13-6-3-7-17(2,14)15/h4-5,8,13H,3,6-7,12H2,1-2H3. The van der Waals surface area contributed by atoms with Gasteiger partial charge < -0.3 is 15.8 Å². The van der Waals surface area contributed by atoms with Crippen molar-refractivity contribution in [1.82, 2.24) is 0 Å². The maximum absolute atomic E-state index is 10.9. The molecule has 0 spiro atoms. The van der Waals surface area contributed by atoms with Gasteiger partial charge in [-0.1, -0.05) is 0 Å². The number of benzene rings is 1. The van der Waals surface area contributed by atoms with Gasteiger partial charge in [0.05, 0.1) is 24.2 Å². The zero-order valence-corrected chi connectivity index (χ0v) is 10.9. The van der Waals surface area contributed by atoms with Crippen LogP contribution in [0.1, 0.15) is 6.42 Å². The van der Waals surface area contributed by atoms with Crippen LogP contribution in [0.4, 0.5) is 11.4 Å². The number of anilines is 2. The zero-order chi connectivity index (χ0) is 12.9. The van der Waals surface area contributed by atoms with E-state index in [-0.39, 0.29) is 5.75 Å². The molecule has 0 aliphatic heterocycles. The summed E-state index contributed by atoms with van der Waals surface area (Å²) in [4.78, 5) is 0. The van der Waals surface area contributed by atoms with Crippen molar-refractivity contribution in [2.75, 3.05) is 36.7 Å². The zero-order valence-electron chi connectivity index (χ0n) is 10.1. The third kappa shape index (κ3) is 4.95. The molecule has 0 fully saturated rings. The Hall–Kier alpha value is -1.43. The van der Waals surface area contributed by atoms with Gasteiger partial charge in [-0.05, 0) is 18.6 Å². The fourth-order valence-corrected chi connectivity index (χ4v) is 2.05. The lowest BCUT2D eigenvalue weighted by Crippen LogP contribution is -2.10. The van der Waals surface area contributed by atoms with Crippen molar-refractivity contribution >= 4 is 21.2 Å². The molecule has 6 heteroatoms. The summed E-state index contributed by atoms with van der Waals surface area (Å²) in [5.74, 6) is 0.875. The summed E-state index contributed by atoms with van der Waals surface area (Å²) in [6.07, 6.45) is 1.79. The van der Waals surface area contributed by atoms with Gasteiger partial charge in [0, 0.05) is 18.9 Å². The fourth-order valence-electron chi connectivity index (χ4n) is 1.39. The minimum atomic E-state index is -2.89. The van der Waals surface area contributed by atoms with E-state index in [1.165, 1.54) is 6.26 Å². The van der Waals surface area contributed by atoms with E-state index >= 15 is 0 Å². The van der Waals surface area contributed by atoms with E-state index < -0.39 is 9.84 Å². The quantitative estimate of drug-likeness (QED) is 0.590. The Morgan fingerprint density at radius 1 is 1.41 bits per heavy atom. The summed E-state index contributed by atoms with van der Waals surface area (Å²) in [6.45, 7) is 0.573. The number of hydrogen-bond donors (Lipinski definition) is 2. The molecule has 3 N–H and O–H groups in total. The molecule has 1 rings (SSSR count). The smallest absolute Gasteiger partial charge is 0.147 e. The summed E-state index contributed by atoms with van der Waals surface area (Å²) < 4.78 is 26.9. The van der Waals surface area contributed by atoms with E-state index in [1.54, 1.807) is 19.2 Å². The number of rotatable bonds is 6. The van der Waals surface area contributed by atoms with Gasteiger partial charge in [0.2, 0.25) is 0 Å². The van der Waals surface area contributed by atoms with Gasteiger partial charge in [-0.15, -0.1) is 0 Å². The Morgan fingerprint density at radius 3 is 2.65 bits per heavy atom. The van der Waals surface area contributed by atoms with Crippen LogP contribution in [0.3, 0.4) is 0 Å². The molecule has 0 aliphatic carbocycles. The van der Waals surface area contributed by atoms with Gasteiger partial charge in [0.1, 0.15) is 15.6 Å². The predicted molar refractivity (Wildman–Crippen MR) is 70.2 cm³/mol. The van der Waals surface area contributed by atoms with Crippen LogP contribution in [-0.2, 0) is 9.84 Å². The van der Waals surface area contributed by atoms with Crippen molar-refractivity contribution in [3.8, 4) is 5.75 Å². The predicted octanol–water partition coefficient (Wildman–Crippen LogP) is 1.12. The fraction of sp³-hybridized carbons (Fsp3) is 0.455. The van der Waals surface area contributed by atoms with Crippen LogP contribution in [0.5, 0.6) is 5.75 Å². The lowest BCUT2D eigenvalue weighted by molar-refractivity contribution is 0.415. The normalized spacial score (nSPS) is 11.2. The molecule has 96 valence electrons. The molecule has 0 radical (unpaired) electrons. The van der Waals surface area contributed by atoms with E-state index in [0.717, 1.165) is 5.69 Å². The molecular formula is C11H18N2O3S. The number of sulfone groups is 1. The summed E-state index contributed by atoms with van der Waals surface area (Å²) in [5, 5.41) is 3.09. The average molecular weight is 258 g/mol. The van der Waals surface area contributed by atoms with E-state index in [9.17, 15) is 8.42 Å². The van der Waals surface area contributed by atoms with Gasteiger partial charge >= 0.3 is 0 Å². The highest BCUT2D eigenvalue weighted by atomic mass is 32.2. The number of hydrogen-bond acceptors (Lipinski definition) is 5. The van der Waals surface area contributed by atoms with Gasteiger partial charge in [-0.2, -0.15) is 0 Å². The van der Waals surface area contributed by atoms with Gasteiger partial charge in [0.15, 0.2) is 0 Å². The molecule has 1 aromatic rings. The molecule has 0 amide bonds. The van der Waals surface area contributed by atoms with Crippen molar-refractivity contribution in [3.63, 3.8) is 0 Å². The monoisotopic (exact) mass is 258 g/mol. The van der Waals surface area contributed by atoms with Crippen molar-refractivity contribution in [3.05, 3.63) is 18.2 Å². The maximum atomic E-state index is 10.9. The van der Waals surface area contributed by atoms with Crippen LogP contribution in [0, 0.1) is 0 Å². The molecule has 0 aromatic heterocycles. The van der Waals surface area contributed by atoms with E-state index in [4.69, 9.17) is 10.5 Å². The Balaban J connectivity index is 2.47. The first-order chi connectivity index (χ1) is 7.92. The van der Waals surface area contributed by atoms with Gasteiger partial charge in [0.25, 0.3) is 0 Å². The van der Waals surface area contributed by atoms with Crippen molar-refractivity contribution in [1.29, 1.82) is 0 Å². The third-order valence-electron chi connectivity index (χ3n) is 2.27. The third-order valence-corrected chi connectivity index (χ3v) is 3.30. The molecule has 0 unspecified atom stereocenters. The first-order valence-electron chi connectivity index (χ1n) is 5.27. The summed E-state index contributed by atoms with van der Waals surface area (Å²) in [7, 11) is -1.31. The molecular weight excluding hydrogens is 240 g/mol. The highest BCUT2D eigenvalue weighted by Gasteiger charge is 2.03. The molecule has 1 aromatic carbocycles. The van der Waals surface area contributed by atoms with Crippen LogP contribution in [-0.4, -0.2) is 34.1 Å². The Labute approximate surface area is 102 Å². The highest BCUT2D eigenvalue weighted by Crippen LogP contribution is 2.23. The van der Waals surface area contributed by atoms with Crippen molar-refractivity contribution < 1.29 is 13.2 Å². The molecule has 0 saturated carbocycles. The Morgan fingerprint density at radius 2 is 2.12 bits per heavy atom. The lowest BCUT2D eigenvalue weighted by Gasteiger charge is -2.10. The number of methoxy groups -OCH3 is 1. The highest BCUT2D eigenvalue weighted by molar-refractivity contribution is 7.90. The second kappa shape index (κ2) is 5.77. The molecule has 0 heterocycles. The number of nitrogen functional groups attached to an aromatic ring is 1. The van der Waals surface area contributed by atoms with Gasteiger partial charge in [-0.25, -0.2) is 8.42 Å². The minimum absolute atomic E-state index is 0.177.